The molecule has 154 valence electrons. The second-order valence-electron chi connectivity index (χ2n) is 6.44. The maximum absolute atomic E-state index is 12.1. The van der Waals surface area contributed by atoms with Crippen molar-refractivity contribution in [2.45, 2.75) is 20.3 Å². The van der Waals surface area contributed by atoms with Crippen molar-refractivity contribution in [3.05, 3.63) is 42.0 Å². The van der Waals surface area contributed by atoms with Crippen LogP contribution in [0.1, 0.15) is 25.8 Å². The monoisotopic (exact) mass is 407 g/mol. The van der Waals surface area contributed by atoms with Crippen molar-refractivity contribution in [2.75, 3.05) is 37.7 Å². The van der Waals surface area contributed by atoms with E-state index in [0.717, 1.165) is 5.56 Å². The number of nitrogen functional groups attached to an aromatic ring is 1. The van der Waals surface area contributed by atoms with Crippen LogP contribution in [0.15, 0.2) is 41.4 Å². The van der Waals surface area contributed by atoms with Crippen molar-refractivity contribution in [1.82, 2.24) is 14.2 Å². The fourth-order valence-electron chi connectivity index (χ4n) is 2.97. The lowest BCUT2D eigenvalue weighted by molar-refractivity contribution is 0.267. The number of sulfonamides is 1. The lowest BCUT2D eigenvalue weighted by Gasteiger charge is -2.36. The lowest BCUT2D eigenvalue weighted by Crippen LogP contribution is -2.51. The summed E-state index contributed by atoms with van der Waals surface area (Å²) in [6, 6.07) is 3.52. The smallest absolute Gasteiger partial charge is 0.213 e. The summed E-state index contributed by atoms with van der Waals surface area (Å²) < 4.78 is 25.8. The number of hydrogen-bond donors (Lipinski definition) is 3. The number of amidine groups is 1. The highest BCUT2D eigenvalue weighted by Crippen LogP contribution is 2.24. The van der Waals surface area contributed by atoms with Gasteiger partial charge in [-0.15, -0.1) is 0 Å². The van der Waals surface area contributed by atoms with E-state index in [9.17, 15) is 8.42 Å². The number of nitrogens with zero attached hydrogens (tertiary/aromatic N) is 4. The molecule has 0 aliphatic carbocycles. The number of aromatic nitrogens is 1. The van der Waals surface area contributed by atoms with Gasteiger partial charge in [0.25, 0.3) is 0 Å². The van der Waals surface area contributed by atoms with E-state index < -0.39 is 10.0 Å². The molecule has 2 heterocycles. The first-order valence-corrected chi connectivity index (χ1v) is 10.8. The average Bonchev–Trinajstić information content (AvgIpc) is 2.68. The predicted octanol–water partition coefficient (Wildman–Crippen LogP) is 0.539. The molecule has 0 bridgehead atoms. The number of nitrogens with two attached hydrogens (primary N) is 3. The summed E-state index contributed by atoms with van der Waals surface area (Å²) >= 11 is 0. The van der Waals surface area contributed by atoms with E-state index in [1.54, 1.807) is 19.2 Å². The number of aliphatic imine (C=N–C) groups is 1. The summed E-state index contributed by atoms with van der Waals surface area (Å²) in [5, 5.41) is 0. The van der Waals surface area contributed by atoms with Crippen LogP contribution in [0.4, 0.5) is 5.82 Å². The van der Waals surface area contributed by atoms with E-state index in [1.807, 2.05) is 17.9 Å². The van der Waals surface area contributed by atoms with Gasteiger partial charge in [-0.25, -0.2) is 18.4 Å². The molecule has 1 aliphatic heterocycles. The molecule has 0 saturated carbocycles. The molecule has 0 atom stereocenters. The van der Waals surface area contributed by atoms with Crippen LogP contribution in [0, 0.1) is 0 Å². The maximum atomic E-state index is 12.1. The number of pyridine rings is 1. The normalized spacial score (nSPS) is 17.4. The molecule has 6 N–H and O–H groups in total. The van der Waals surface area contributed by atoms with E-state index in [1.165, 1.54) is 4.31 Å². The number of rotatable bonds is 6. The molecule has 0 spiro atoms. The fourth-order valence-corrected chi connectivity index (χ4v) is 4.05. The van der Waals surface area contributed by atoms with Crippen LogP contribution in [-0.4, -0.2) is 60.4 Å². The molecule has 1 aromatic rings. The van der Waals surface area contributed by atoms with Gasteiger partial charge in [0.15, 0.2) is 0 Å². The summed E-state index contributed by atoms with van der Waals surface area (Å²) in [5.74, 6) is 1.19. The van der Waals surface area contributed by atoms with Crippen molar-refractivity contribution < 1.29 is 8.42 Å². The molecule has 0 amide bonds. The third-order valence-electron chi connectivity index (χ3n) is 4.55. The second kappa shape index (κ2) is 9.07. The largest absolute Gasteiger partial charge is 0.401 e. The Bertz CT molecular complexity index is 868. The van der Waals surface area contributed by atoms with Crippen LogP contribution in [0.2, 0.25) is 0 Å². The zero-order chi connectivity index (χ0) is 20.9. The molecular formula is C18H29N7O2S. The van der Waals surface area contributed by atoms with E-state index in [2.05, 4.69) is 16.6 Å². The Kier molecular flexibility index (Phi) is 7.03. The van der Waals surface area contributed by atoms with Gasteiger partial charge in [-0.2, -0.15) is 4.31 Å². The first kappa shape index (κ1) is 21.7. The van der Waals surface area contributed by atoms with Gasteiger partial charge in [0.1, 0.15) is 17.5 Å². The quantitative estimate of drug-likeness (QED) is 0.461. The Morgan fingerprint density at radius 3 is 2.32 bits per heavy atom. The summed E-state index contributed by atoms with van der Waals surface area (Å²) in [4.78, 5) is 10.6. The third kappa shape index (κ3) is 5.02. The van der Waals surface area contributed by atoms with Crippen LogP contribution < -0.4 is 17.2 Å². The molecule has 1 aromatic heterocycles. The van der Waals surface area contributed by atoms with Gasteiger partial charge in [0.2, 0.25) is 10.0 Å². The first-order chi connectivity index (χ1) is 13.2. The molecule has 28 heavy (non-hydrogen) atoms. The number of allylic oxidation sites excluding steroid dienone is 1. The topological polar surface area (TPSA) is 144 Å². The SMILES string of the molecule is C=C(N)/N=C(\C(=C(/N)CC)c1ccc(N)nc1)N1CCN(S(=O)(=O)CC)CC1. The summed E-state index contributed by atoms with van der Waals surface area (Å²) in [6.07, 6.45) is 2.24. The van der Waals surface area contributed by atoms with Crippen LogP contribution in [0.5, 0.6) is 0 Å². The first-order valence-electron chi connectivity index (χ1n) is 9.16. The van der Waals surface area contributed by atoms with E-state index in [0.29, 0.717) is 55.5 Å². The van der Waals surface area contributed by atoms with Gasteiger partial charge < -0.3 is 22.1 Å². The minimum atomic E-state index is -3.23. The van der Waals surface area contributed by atoms with Gasteiger partial charge in [0.05, 0.1) is 5.75 Å². The highest BCUT2D eigenvalue weighted by molar-refractivity contribution is 7.89. The molecule has 0 unspecified atom stereocenters. The standard InChI is InChI=1S/C18H29N7O2S/c1-4-15(20)17(14-6-7-16(21)22-12-14)18(23-13(3)19)24-8-10-25(11-9-24)28(26,27)5-2/h6-7,12H,3-5,8-11,19-20H2,1-2H3,(H2,21,22)/b17-15-,23-18+. The molecule has 0 aromatic carbocycles. The third-order valence-corrected chi connectivity index (χ3v) is 6.43. The van der Waals surface area contributed by atoms with Crippen LogP contribution >= 0.6 is 0 Å². The van der Waals surface area contributed by atoms with Crippen LogP contribution in [0.3, 0.4) is 0 Å². The fraction of sp³-hybridized carbons (Fsp3) is 0.444. The summed E-state index contributed by atoms with van der Waals surface area (Å²) in [6.45, 7) is 8.94. The van der Waals surface area contributed by atoms with Gasteiger partial charge >= 0.3 is 0 Å². The van der Waals surface area contributed by atoms with Crippen molar-refractivity contribution in [1.29, 1.82) is 0 Å². The van der Waals surface area contributed by atoms with Gasteiger partial charge in [-0.1, -0.05) is 13.5 Å². The average molecular weight is 408 g/mol. The molecule has 10 heteroatoms. The minimum absolute atomic E-state index is 0.0819. The van der Waals surface area contributed by atoms with Gasteiger partial charge in [0, 0.05) is 49.2 Å². The zero-order valence-corrected chi connectivity index (χ0v) is 17.2. The molecule has 1 aliphatic rings. The Labute approximate surface area is 166 Å². The second-order valence-corrected chi connectivity index (χ2v) is 8.70. The van der Waals surface area contributed by atoms with Crippen molar-refractivity contribution >= 4 is 27.2 Å². The predicted molar refractivity (Wildman–Crippen MR) is 113 cm³/mol. The number of hydrogen-bond acceptors (Lipinski definition) is 7. The highest BCUT2D eigenvalue weighted by Gasteiger charge is 2.29. The Hall–Kier alpha value is -2.59. The van der Waals surface area contributed by atoms with E-state index in [-0.39, 0.29) is 11.6 Å². The number of anilines is 1. The Morgan fingerprint density at radius 2 is 1.86 bits per heavy atom. The van der Waals surface area contributed by atoms with Crippen molar-refractivity contribution in [2.24, 2.45) is 16.5 Å². The number of piperazine rings is 1. The van der Waals surface area contributed by atoms with Crippen molar-refractivity contribution in [3.63, 3.8) is 0 Å². The lowest BCUT2D eigenvalue weighted by atomic mass is 10.0. The molecule has 1 fully saturated rings. The summed E-state index contributed by atoms with van der Waals surface area (Å²) in [5.41, 5.74) is 19.9. The molecule has 1 saturated heterocycles. The Morgan fingerprint density at radius 1 is 1.21 bits per heavy atom. The van der Waals surface area contributed by atoms with Gasteiger partial charge in [-0.3, -0.25) is 0 Å². The van der Waals surface area contributed by atoms with Crippen LogP contribution in [0.25, 0.3) is 5.57 Å². The minimum Gasteiger partial charge on any atom is -0.401 e. The molecule has 2 rings (SSSR count). The van der Waals surface area contributed by atoms with Crippen LogP contribution in [-0.2, 0) is 10.0 Å². The van der Waals surface area contributed by atoms with E-state index >= 15 is 0 Å². The zero-order valence-electron chi connectivity index (χ0n) is 16.4. The molecule has 9 nitrogen and oxygen atoms in total. The Balaban J connectivity index is 2.42. The highest BCUT2D eigenvalue weighted by atomic mass is 32.2. The molecule has 0 radical (unpaired) electrons. The molecular weight excluding hydrogens is 378 g/mol. The summed E-state index contributed by atoms with van der Waals surface area (Å²) in [7, 11) is -3.23. The van der Waals surface area contributed by atoms with E-state index in [4.69, 9.17) is 17.2 Å². The maximum Gasteiger partial charge on any atom is 0.213 e. The van der Waals surface area contributed by atoms with Crippen molar-refractivity contribution in [3.8, 4) is 0 Å². The van der Waals surface area contributed by atoms with Gasteiger partial charge in [-0.05, 0) is 25.5 Å².